The molecule has 1 fully saturated rings. The Kier molecular flexibility index (Phi) is 6.32. The molecule has 0 N–H and O–H groups in total. The van der Waals surface area contributed by atoms with Gasteiger partial charge in [0.1, 0.15) is 5.82 Å². The van der Waals surface area contributed by atoms with Gasteiger partial charge in [0.2, 0.25) is 0 Å². The van der Waals surface area contributed by atoms with E-state index in [1.807, 2.05) is 53.0 Å². The number of hydrogen-bond acceptors (Lipinski definition) is 5. The SMILES string of the molecule is Cc1ncc(COCc2ccccc2)c(C2CCCN(C(=O)c3ccsc3)C2)n1. The molecule has 6 heteroatoms. The molecule has 1 saturated heterocycles. The summed E-state index contributed by atoms with van der Waals surface area (Å²) in [7, 11) is 0. The van der Waals surface area contributed by atoms with E-state index in [2.05, 4.69) is 17.1 Å². The van der Waals surface area contributed by atoms with Gasteiger partial charge in [-0.2, -0.15) is 11.3 Å². The quantitative estimate of drug-likeness (QED) is 0.600. The van der Waals surface area contributed by atoms with Crippen molar-refractivity contribution in [2.24, 2.45) is 0 Å². The van der Waals surface area contributed by atoms with Gasteiger partial charge < -0.3 is 9.64 Å². The van der Waals surface area contributed by atoms with Gasteiger partial charge in [-0.05, 0) is 36.8 Å². The van der Waals surface area contributed by atoms with Crippen molar-refractivity contribution in [2.45, 2.75) is 38.9 Å². The maximum atomic E-state index is 12.8. The lowest BCUT2D eigenvalue weighted by Gasteiger charge is -2.33. The number of rotatable bonds is 6. The number of likely N-dealkylation sites (tertiary alicyclic amines) is 1. The molecule has 5 nitrogen and oxygen atoms in total. The Labute approximate surface area is 175 Å². The number of nitrogens with zero attached hydrogens (tertiary/aromatic N) is 3. The normalized spacial score (nSPS) is 16.7. The molecule has 1 aliphatic rings. The Morgan fingerprint density at radius 3 is 2.90 bits per heavy atom. The number of ether oxygens (including phenoxy) is 1. The molecule has 0 radical (unpaired) electrons. The van der Waals surface area contributed by atoms with Crippen LogP contribution in [0.1, 0.15) is 51.8 Å². The van der Waals surface area contributed by atoms with Crippen LogP contribution >= 0.6 is 11.3 Å². The van der Waals surface area contributed by atoms with Crippen LogP contribution < -0.4 is 0 Å². The van der Waals surface area contributed by atoms with E-state index < -0.39 is 0 Å². The van der Waals surface area contributed by atoms with Crippen molar-refractivity contribution >= 4 is 17.2 Å². The summed E-state index contributed by atoms with van der Waals surface area (Å²) in [5, 5.41) is 3.87. The van der Waals surface area contributed by atoms with E-state index in [4.69, 9.17) is 9.72 Å². The number of carbonyl (C=O) groups excluding carboxylic acids is 1. The average Bonchev–Trinajstić information content (AvgIpc) is 3.30. The third-order valence-corrected chi connectivity index (χ3v) is 5.93. The average molecular weight is 408 g/mol. The van der Waals surface area contributed by atoms with Crippen molar-refractivity contribution in [3.8, 4) is 0 Å². The van der Waals surface area contributed by atoms with Crippen molar-refractivity contribution in [1.82, 2.24) is 14.9 Å². The number of hydrogen-bond donors (Lipinski definition) is 0. The Morgan fingerprint density at radius 1 is 1.24 bits per heavy atom. The standard InChI is InChI=1S/C23H25N3O2S/c1-17-24-12-21(15-28-14-18-6-3-2-4-7-18)22(25-17)19-8-5-10-26(13-19)23(27)20-9-11-29-16-20/h2-4,6-7,9,11-12,16,19H,5,8,10,13-15H2,1H3. The number of amides is 1. The predicted octanol–water partition coefficient (Wildman–Crippen LogP) is 4.58. The number of aryl methyl sites for hydroxylation is 1. The molecule has 1 atom stereocenters. The smallest absolute Gasteiger partial charge is 0.254 e. The van der Waals surface area contributed by atoms with E-state index in [1.165, 1.54) is 0 Å². The van der Waals surface area contributed by atoms with Crippen LogP contribution in [0.15, 0.2) is 53.4 Å². The van der Waals surface area contributed by atoms with Crippen LogP contribution in [-0.2, 0) is 18.0 Å². The molecule has 0 aliphatic carbocycles. The first-order valence-corrected chi connectivity index (χ1v) is 10.9. The number of thiophene rings is 1. The lowest BCUT2D eigenvalue weighted by molar-refractivity contribution is 0.0703. The number of piperidine rings is 1. The monoisotopic (exact) mass is 407 g/mol. The van der Waals surface area contributed by atoms with Crippen molar-refractivity contribution < 1.29 is 9.53 Å². The Bertz CT molecular complexity index is 944. The molecule has 1 aliphatic heterocycles. The molecule has 0 saturated carbocycles. The summed E-state index contributed by atoms with van der Waals surface area (Å²) in [5.74, 6) is 1.08. The third-order valence-electron chi connectivity index (χ3n) is 5.25. The molecule has 4 rings (SSSR count). The summed E-state index contributed by atoms with van der Waals surface area (Å²) in [6.07, 6.45) is 3.88. The minimum Gasteiger partial charge on any atom is -0.372 e. The first-order valence-electron chi connectivity index (χ1n) is 9.96. The van der Waals surface area contributed by atoms with Gasteiger partial charge in [-0.15, -0.1) is 0 Å². The zero-order valence-corrected chi connectivity index (χ0v) is 17.4. The zero-order chi connectivity index (χ0) is 20.1. The third kappa shape index (κ3) is 4.89. The van der Waals surface area contributed by atoms with E-state index in [0.717, 1.165) is 47.6 Å². The maximum Gasteiger partial charge on any atom is 0.254 e. The number of aromatic nitrogens is 2. The second kappa shape index (κ2) is 9.29. The van der Waals surface area contributed by atoms with Gasteiger partial charge >= 0.3 is 0 Å². The molecule has 0 spiro atoms. The summed E-state index contributed by atoms with van der Waals surface area (Å²) < 4.78 is 5.95. The summed E-state index contributed by atoms with van der Waals surface area (Å²) in [6, 6.07) is 12.0. The topological polar surface area (TPSA) is 55.3 Å². The van der Waals surface area contributed by atoms with Crippen molar-refractivity contribution in [1.29, 1.82) is 0 Å². The van der Waals surface area contributed by atoms with Crippen LogP contribution in [0.3, 0.4) is 0 Å². The molecule has 29 heavy (non-hydrogen) atoms. The fraction of sp³-hybridized carbons (Fsp3) is 0.348. The highest BCUT2D eigenvalue weighted by Gasteiger charge is 2.28. The fourth-order valence-electron chi connectivity index (χ4n) is 3.78. The van der Waals surface area contributed by atoms with E-state index >= 15 is 0 Å². The number of carbonyl (C=O) groups is 1. The summed E-state index contributed by atoms with van der Waals surface area (Å²) in [5.41, 5.74) is 3.96. The summed E-state index contributed by atoms with van der Waals surface area (Å²) in [6.45, 7) is 4.43. The highest BCUT2D eigenvalue weighted by atomic mass is 32.1. The van der Waals surface area contributed by atoms with Gasteiger partial charge in [0.25, 0.3) is 5.91 Å². The highest BCUT2D eigenvalue weighted by molar-refractivity contribution is 7.08. The van der Waals surface area contributed by atoms with Gasteiger partial charge in [-0.3, -0.25) is 4.79 Å². The fourth-order valence-corrected chi connectivity index (χ4v) is 4.41. The van der Waals surface area contributed by atoms with Crippen LogP contribution in [0.25, 0.3) is 0 Å². The highest BCUT2D eigenvalue weighted by Crippen LogP contribution is 2.29. The Hall–Kier alpha value is -2.57. The first kappa shape index (κ1) is 19.7. The van der Waals surface area contributed by atoms with Crippen LogP contribution in [0.2, 0.25) is 0 Å². The molecule has 1 unspecified atom stereocenters. The van der Waals surface area contributed by atoms with Crippen LogP contribution in [0.4, 0.5) is 0 Å². The van der Waals surface area contributed by atoms with Crippen molar-refractivity contribution in [3.05, 3.63) is 81.6 Å². The minimum atomic E-state index is 0.114. The molecule has 1 aromatic carbocycles. The van der Waals surface area contributed by atoms with Crippen molar-refractivity contribution in [2.75, 3.05) is 13.1 Å². The molecule has 2 aromatic heterocycles. The Morgan fingerprint density at radius 2 is 2.10 bits per heavy atom. The minimum absolute atomic E-state index is 0.114. The molecular weight excluding hydrogens is 382 g/mol. The molecular formula is C23H25N3O2S. The van der Waals surface area contributed by atoms with Gasteiger partial charge in [-0.1, -0.05) is 30.3 Å². The molecule has 0 bridgehead atoms. The van der Waals surface area contributed by atoms with Crippen LogP contribution in [0, 0.1) is 6.92 Å². The molecule has 150 valence electrons. The van der Waals surface area contributed by atoms with E-state index in [-0.39, 0.29) is 11.8 Å². The maximum absolute atomic E-state index is 12.8. The van der Waals surface area contributed by atoms with Crippen LogP contribution in [-0.4, -0.2) is 33.9 Å². The first-order chi connectivity index (χ1) is 14.2. The second-order valence-corrected chi connectivity index (χ2v) is 8.19. The van der Waals surface area contributed by atoms with Crippen molar-refractivity contribution in [3.63, 3.8) is 0 Å². The molecule has 3 aromatic rings. The summed E-state index contributed by atoms with van der Waals surface area (Å²) in [4.78, 5) is 23.9. The number of benzene rings is 1. The predicted molar refractivity (Wildman–Crippen MR) is 114 cm³/mol. The van der Waals surface area contributed by atoms with E-state index in [1.54, 1.807) is 11.3 Å². The largest absolute Gasteiger partial charge is 0.372 e. The van der Waals surface area contributed by atoms with Crippen LogP contribution in [0.5, 0.6) is 0 Å². The lowest BCUT2D eigenvalue weighted by atomic mass is 9.91. The summed E-state index contributed by atoms with van der Waals surface area (Å²) >= 11 is 1.56. The molecule has 3 heterocycles. The second-order valence-electron chi connectivity index (χ2n) is 7.41. The van der Waals surface area contributed by atoms with E-state index in [9.17, 15) is 4.79 Å². The zero-order valence-electron chi connectivity index (χ0n) is 16.6. The molecule has 1 amide bonds. The Balaban J connectivity index is 1.46. The van der Waals surface area contributed by atoms with Gasteiger partial charge in [0.05, 0.1) is 24.5 Å². The van der Waals surface area contributed by atoms with Gasteiger partial charge in [0, 0.05) is 36.1 Å². The van der Waals surface area contributed by atoms with E-state index in [0.29, 0.717) is 19.8 Å². The van der Waals surface area contributed by atoms with Gasteiger partial charge in [0.15, 0.2) is 0 Å². The lowest BCUT2D eigenvalue weighted by Crippen LogP contribution is -2.39. The van der Waals surface area contributed by atoms with Gasteiger partial charge in [-0.25, -0.2) is 9.97 Å².